The number of benzene rings is 1. The first kappa shape index (κ1) is 17.6. The Morgan fingerprint density at radius 2 is 2.04 bits per heavy atom. The number of ether oxygens (including phenoxy) is 1. The molecule has 2 rings (SSSR count). The van der Waals surface area contributed by atoms with Crippen molar-refractivity contribution in [2.24, 2.45) is 10.7 Å². The van der Waals surface area contributed by atoms with Crippen LogP contribution in [0.4, 0.5) is 13.2 Å². The number of aryl methyl sites for hydroxylation is 1. The van der Waals surface area contributed by atoms with E-state index < -0.39 is 6.36 Å². The van der Waals surface area contributed by atoms with Crippen molar-refractivity contribution >= 4 is 5.96 Å². The van der Waals surface area contributed by atoms with Gasteiger partial charge in [-0.05, 0) is 24.6 Å². The number of nitrogens with one attached hydrogen (secondary N) is 1. The lowest BCUT2D eigenvalue weighted by Crippen LogP contribution is -2.33. The summed E-state index contributed by atoms with van der Waals surface area (Å²) < 4.78 is 44.9. The predicted octanol–water partition coefficient (Wildman–Crippen LogP) is 1.92. The highest BCUT2D eigenvalue weighted by molar-refractivity contribution is 5.77. The molecule has 0 saturated carbocycles. The van der Waals surface area contributed by atoms with Crippen molar-refractivity contribution in [1.29, 1.82) is 0 Å². The van der Waals surface area contributed by atoms with Crippen LogP contribution >= 0.6 is 0 Å². The molecule has 7 nitrogen and oxygen atoms in total. The second kappa shape index (κ2) is 7.66. The third-order valence-electron chi connectivity index (χ3n) is 2.80. The van der Waals surface area contributed by atoms with Gasteiger partial charge in [0.05, 0.1) is 6.54 Å². The molecule has 1 aromatic heterocycles. The minimum absolute atomic E-state index is 0.210. The number of nitrogens with zero attached hydrogens (tertiary/aromatic N) is 3. The molecule has 24 heavy (non-hydrogen) atoms. The molecule has 0 fully saturated rings. The zero-order valence-corrected chi connectivity index (χ0v) is 12.8. The maximum absolute atomic E-state index is 12.1. The maximum Gasteiger partial charge on any atom is 0.573 e. The average Bonchev–Trinajstić information content (AvgIpc) is 2.90. The monoisotopic (exact) mass is 343 g/mol. The van der Waals surface area contributed by atoms with Gasteiger partial charge >= 0.3 is 6.36 Å². The van der Waals surface area contributed by atoms with Gasteiger partial charge in [0.25, 0.3) is 0 Å². The summed E-state index contributed by atoms with van der Waals surface area (Å²) in [5.41, 5.74) is 6.40. The van der Waals surface area contributed by atoms with Crippen LogP contribution in [-0.2, 0) is 13.0 Å². The molecule has 0 bridgehead atoms. The third kappa shape index (κ3) is 6.15. The standard InChI is InChI=1S/C14H16F3N5O2/c1-9-21-12(24-22-9)6-7-19-13(18)20-8-10-2-4-11(5-3-10)23-14(15,16)17/h2-5H,6-8H2,1H3,(H3,18,19,20). The van der Waals surface area contributed by atoms with Gasteiger partial charge in [-0.3, -0.25) is 0 Å². The van der Waals surface area contributed by atoms with Gasteiger partial charge in [-0.15, -0.1) is 13.2 Å². The Bertz CT molecular complexity index is 682. The minimum atomic E-state index is -4.70. The van der Waals surface area contributed by atoms with Crippen molar-refractivity contribution in [3.8, 4) is 5.75 Å². The molecule has 3 N–H and O–H groups in total. The first-order valence-electron chi connectivity index (χ1n) is 6.99. The number of guanidine groups is 1. The molecular weight excluding hydrogens is 327 g/mol. The third-order valence-corrected chi connectivity index (χ3v) is 2.80. The molecule has 1 aromatic carbocycles. The van der Waals surface area contributed by atoms with Gasteiger partial charge in [-0.1, -0.05) is 17.3 Å². The van der Waals surface area contributed by atoms with Gasteiger partial charge in [0.15, 0.2) is 11.8 Å². The summed E-state index contributed by atoms with van der Waals surface area (Å²) in [6, 6.07) is 5.41. The van der Waals surface area contributed by atoms with Gasteiger partial charge in [0.1, 0.15) is 5.75 Å². The zero-order valence-electron chi connectivity index (χ0n) is 12.8. The quantitative estimate of drug-likeness (QED) is 0.614. The highest BCUT2D eigenvalue weighted by Gasteiger charge is 2.30. The van der Waals surface area contributed by atoms with Crippen LogP contribution in [0.1, 0.15) is 17.3 Å². The van der Waals surface area contributed by atoms with Gasteiger partial charge < -0.3 is 20.3 Å². The average molecular weight is 343 g/mol. The summed E-state index contributed by atoms with van der Waals surface area (Å²) >= 11 is 0. The van der Waals surface area contributed by atoms with E-state index in [1.165, 1.54) is 24.3 Å². The van der Waals surface area contributed by atoms with Crippen LogP contribution in [0, 0.1) is 6.92 Å². The number of hydrogen-bond donors (Lipinski definition) is 2. The molecular formula is C14H16F3N5O2. The number of aromatic nitrogens is 2. The zero-order chi connectivity index (χ0) is 17.6. The van der Waals surface area contributed by atoms with E-state index >= 15 is 0 Å². The largest absolute Gasteiger partial charge is 0.573 e. The Morgan fingerprint density at radius 1 is 1.33 bits per heavy atom. The molecule has 0 amide bonds. The van der Waals surface area contributed by atoms with Crippen LogP contribution in [-0.4, -0.2) is 29.0 Å². The van der Waals surface area contributed by atoms with Crippen molar-refractivity contribution in [2.75, 3.05) is 6.54 Å². The second-order valence-corrected chi connectivity index (χ2v) is 4.81. The van der Waals surface area contributed by atoms with Gasteiger partial charge in [0.2, 0.25) is 5.89 Å². The molecule has 130 valence electrons. The SMILES string of the molecule is Cc1noc(CCNC(N)=NCc2ccc(OC(F)(F)F)cc2)n1. The van der Waals surface area contributed by atoms with Crippen LogP contribution < -0.4 is 15.8 Å². The topological polar surface area (TPSA) is 98.6 Å². The number of aliphatic imine (C=N–C) groups is 1. The Hall–Kier alpha value is -2.78. The molecule has 10 heteroatoms. The lowest BCUT2D eigenvalue weighted by Gasteiger charge is -2.09. The van der Waals surface area contributed by atoms with E-state index in [1.807, 2.05) is 0 Å². The van der Waals surface area contributed by atoms with E-state index in [0.717, 1.165) is 0 Å². The molecule has 0 aliphatic rings. The Labute approximate surface area is 135 Å². The van der Waals surface area contributed by atoms with Crippen LogP contribution in [0.2, 0.25) is 0 Å². The molecule has 0 aliphatic heterocycles. The van der Waals surface area contributed by atoms with E-state index in [-0.39, 0.29) is 18.3 Å². The van der Waals surface area contributed by atoms with Gasteiger partial charge in [0, 0.05) is 13.0 Å². The summed E-state index contributed by atoms with van der Waals surface area (Å²) in [6.45, 7) is 2.42. The van der Waals surface area contributed by atoms with Crippen molar-refractivity contribution in [3.05, 3.63) is 41.5 Å². The normalized spacial score (nSPS) is 12.2. The van der Waals surface area contributed by atoms with Crippen molar-refractivity contribution in [3.63, 3.8) is 0 Å². The summed E-state index contributed by atoms with van der Waals surface area (Å²) in [7, 11) is 0. The molecule has 0 unspecified atom stereocenters. The fraction of sp³-hybridized carbons (Fsp3) is 0.357. The molecule has 0 aliphatic carbocycles. The summed E-state index contributed by atoms with van der Waals surface area (Å²) in [4.78, 5) is 8.13. The lowest BCUT2D eigenvalue weighted by molar-refractivity contribution is -0.274. The maximum atomic E-state index is 12.1. The molecule has 2 aromatic rings. The fourth-order valence-corrected chi connectivity index (χ4v) is 1.77. The van der Waals surface area contributed by atoms with E-state index in [0.29, 0.717) is 30.2 Å². The first-order valence-corrected chi connectivity index (χ1v) is 6.99. The number of rotatable bonds is 6. The number of alkyl halides is 3. The van der Waals surface area contributed by atoms with Crippen molar-refractivity contribution in [2.45, 2.75) is 26.3 Å². The van der Waals surface area contributed by atoms with Crippen LogP contribution in [0.15, 0.2) is 33.8 Å². The van der Waals surface area contributed by atoms with Crippen molar-refractivity contribution in [1.82, 2.24) is 15.5 Å². The van der Waals surface area contributed by atoms with Crippen LogP contribution in [0.5, 0.6) is 5.75 Å². The smallest absolute Gasteiger partial charge is 0.406 e. The number of halogens is 3. The summed E-state index contributed by atoms with van der Waals surface area (Å²) in [6.07, 6.45) is -4.20. The highest BCUT2D eigenvalue weighted by atomic mass is 19.4. The molecule has 1 heterocycles. The number of hydrogen-bond acceptors (Lipinski definition) is 5. The molecule has 0 spiro atoms. The van der Waals surface area contributed by atoms with Gasteiger partial charge in [-0.2, -0.15) is 4.98 Å². The Morgan fingerprint density at radius 3 is 2.62 bits per heavy atom. The van der Waals surface area contributed by atoms with E-state index in [2.05, 4.69) is 25.2 Å². The second-order valence-electron chi connectivity index (χ2n) is 4.81. The van der Waals surface area contributed by atoms with Crippen LogP contribution in [0.25, 0.3) is 0 Å². The van der Waals surface area contributed by atoms with E-state index in [1.54, 1.807) is 6.92 Å². The first-order chi connectivity index (χ1) is 11.3. The lowest BCUT2D eigenvalue weighted by atomic mass is 10.2. The highest BCUT2D eigenvalue weighted by Crippen LogP contribution is 2.22. The Balaban J connectivity index is 1.77. The predicted molar refractivity (Wildman–Crippen MR) is 79.2 cm³/mol. The van der Waals surface area contributed by atoms with E-state index in [4.69, 9.17) is 10.3 Å². The molecule has 0 saturated heterocycles. The number of nitrogens with two attached hydrogens (primary N) is 1. The fourth-order valence-electron chi connectivity index (χ4n) is 1.77. The van der Waals surface area contributed by atoms with E-state index in [9.17, 15) is 13.2 Å². The van der Waals surface area contributed by atoms with Crippen molar-refractivity contribution < 1.29 is 22.4 Å². The Kier molecular flexibility index (Phi) is 5.61. The van der Waals surface area contributed by atoms with Crippen LogP contribution in [0.3, 0.4) is 0 Å². The summed E-state index contributed by atoms with van der Waals surface area (Å²) in [5, 5.41) is 6.54. The molecule has 0 atom stereocenters. The molecule has 0 radical (unpaired) electrons. The van der Waals surface area contributed by atoms with Gasteiger partial charge in [-0.25, -0.2) is 4.99 Å². The summed E-state index contributed by atoms with van der Waals surface area (Å²) in [5.74, 6) is 0.982. The minimum Gasteiger partial charge on any atom is -0.406 e.